The van der Waals surface area contributed by atoms with Gasteiger partial charge in [-0.1, -0.05) is 13.3 Å². The summed E-state index contributed by atoms with van der Waals surface area (Å²) in [6.07, 6.45) is 1.69. The van der Waals surface area contributed by atoms with E-state index >= 15 is 0 Å². The fourth-order valence-electron chi connectivity index (χ4n) is 1.72. The maximum atomic E-state index is 11.6. The lowest BCUT2D eigenvalue weighted by atomic mass is 10.1. The van der Waals surface area contributed by atoms with Crippen molar-refractivity contribution in [3.05, 3.63) is 16.6 Å². The lowest BCUT2D eigenvalue weighted by Crippen LogP contribution is -2.42. The van der Waals surface area contributed by atoms with Crippen molar-refractivity contribution in [2.24, 2.45) is 0 Å². The molecule has 0 saturated carbocycles. The van der Waals surface area contributed by atoms with Crippen molar-refractivity contribution < 1.29 is 9.53 Å². The van der Waals surface area contributed by atoms with Gasteiger partial charge in [-0.15, -0.1) is 11.3 Å². The summed E-state index contributed by atoms with van der Waals surface area (Å²) < 4.78 is 5.23. The molecule has 0 aliphatic carbocycles. The van der Waals surface area contributed by atoms with Crippen molar-refractivity contribution in [1.82, 2.24) is 15.6 Å². The molecule has 0 radical (unpaired) electrons. The smallest absolute Gasteiger partial charge is 0.407 e. The summed E-state index contributed by atoms with van der Waals surface area (Å²) in [5.74, 6) is 0. The number of nitrogens with one attached hydrogen (secondary N) is 2. The molecule has 0 aromatic carbocycles. The van der Waals surface area contributed by atoms with Gasteiger partial charge < -0.3 is 15.4 Å². The summed E-state index contributed by atoms with van der Waals surface area (Å²) in [5.41, 5.74) is 2.40. The first-order valence-corrected chi connectivity index (χ1v) is 7.92. The van der Waals surface area contributed by atoms with Gasteiger partial charge in [0.1, 0.15) is 5.60 Å². The van der Waals surface area contributed by atoms with Crippen LogP contribution in [0.5, 0.6) is 0 Å². The van der Waals surface area contributed by atoms with Crippen molar-refractivity contribution in [2.45, 2.75) is 58.7 Å². The van der Waals surface area contributed by atoms with E-state index in [9.17, 15) is 4.79 Å². The number of thiazole rings is 1. The number of carbonyl (C=O) groups excluding carboxylic acids is 1. The highest BCUT2D eigenvalue weighted by Crippen LogP contribution is 2.07. The molecule has 0 aliphatic heterocycles. The third-order valence-electron chi connectivity index (χ3n) is 2.58. The standard InChI is InChI=1S/C14H25N3O2S/c1-5-6-11(15-8-12-9-20-10-17-12)7-16-13(18)19-14(2,3)4/h9-11,15H,5-8H2,1-4H3,(H,16,18). The van der Waals surface area contributed by atoms with Crippen LogP contribution in [0.4, 0.5) is 4.79 Å². The van der Waals surface area contributed by atoms with Crippen LogP contribution >= 0.6 is 11.3 Å². The second-order valence-electron chi connectivity index (χ2n) is 5.73. The molecule has 114 valence electrons. The minimum atomic E-state index is -0.460. The van der Waals surface area contributed by atoms with E-state index in [1.807, 2.05) is 31.7 Å². The second kappa shape index (κ2) is 8.21. The summed E-state index contributed by atoms with van der Waals surface area (Å²) in [4.78, 5) is 15.9. The van der Waals surface area contributed by atoms with Gasteiger partial charge in [0.2, 0.25) is 0 Å². The summed E-state index contributed by atoms with van der Waals surface area (Å²) in [5, 5.41) is 8.25. The molecule has 0 bridgehead atoms. The average Bonchev–Trinajstić information content (AvgIpc) is 2.83. The van der Waals surface area contributed by atoms with Crippen molar-refractivity contribution in [2.75, 3.05) is 6.54 Å². The molecule has 0 aliphatic rings. The average molecular weight is 299 g/mol. The van der Waals surface area contributed by atoms with Crippen molar-refractivity contribution >= 4 is 17.4 Å². The highest BCUT2D eigenvalue weighted by molar-refractivity contribution is 7.07. The molecular formula is C14H25N3O2S. The Morgan fingerprint density at radius 1 is 1.50 bits per heavy atom. The number of amides is 1. The number of hydrogen-bond acceptors (Lipinski definition) is 5. The van der Waals surface area contributed by atoms with Crippen molar-refractivity contribution in [3.8, 4) is 0 Å². The molecule has 5 nitrogen and oxygen atoms in total. The molecule has 20 heavy (non-hydrogen) atoms. The summed E-state index contributed by atoms with van der Waals surface area (Å²) in [7, 11) is 0. The molecule has 1 aromatic heterocycles. The van der Waals surface area contributed by atoms with Crippen molar-refractivity contribution in [3.63, 3.8) is 0 Å². The van der Waals surface area contributed by atoms with E-state index in [-0.39, 0.29) is 12.1 Å². The van der Waals surface area contributed by atoms with Crippen LogP contribution < -0.4 is 10.6 Å². The molecule has 0 fully saturated rings. The number of ether oxygens (including phenoxy) is 1. The van der Waals surface area contributed by atoms with E-state index in [2.05, 4.69) is 22.5 Å². The monoisotopic (exact) mass is 299 g/mol. The van der Waals surface area contributed by atoms with Crippen LogP contribution in [0, 0.1) is 0 Å². The number of hydrogen-bond donors (Lipinski definition) is 2. The molecule has 1 unspecified atom stereocenters. The molecule has 0 saturated heterocycles. The largest absolute Gasteiger partial charge is 0.444 e. The highest BCUT2D eigenvalue weighted by atomic mass is 32.1. The third kappa shape index (κ3) is 7.45. The van der Waals surface area contributed by atoms with E-state index in [0.717, 1.165) is 25.1 Å². The van der Waals surface area contributed by atoms with Crippen LogP contribution in [0.2, 0.25) is 0 Å². The fourth-order valence-corrected chi connectivity index (χ4v) is 2.28. The predicted molar refractivity (Wildman–Crippen MR) is 81.9 cm³/mol. The SMILES string of the molecule is CCCC(CNC(=O)OC(C)(C)C)NCc1cscn1. The molecule has 6 heteroatoms. The van der Waals surface area contributed by atoms with Gasteiger partial charge in [-0.2, -0.15) is 0 Å². The third-order valence-corrected chi connectivity index (χ3v) is 3.22. The topological polar surface area (TPSA) is 63.2 Å². The van der Waals surface area contributed by atoms with E-state index in [4.69, 9.17) is 4.74 Å². The van der Waals surface area contributed by atoms with Gasteiger partial charge in [0.05, 0.1) is 11.2 Å². The summed E-state index contributed by atoms with van der Waals surface area (Å²) >= 11 is 1.59. The number of nitrogens with zero attached hydrogens (tertiary/aromatic N) is 1. The maximum absolute atomic E-state index is 11.6. The minimum absolute atomic E-state index is 0.231. The highest BCUT2D eigenvalue weighted by Gasteiger charge is 2.17. The Morgan fingerprint density at radius 2 is 2.25 bits per heavy atom. The second-order valence-corrected chi connectivity index (χ2v) is 6.45. The number of alkyl carbamates (subject to hydrolysis) is 1. The zero-order valence-corrected chi connectivity index (χ0v) is 13.5. The van der Waals surface area contributed by atoms with Gasteiger partial charge >= 0.3 is 6.09 Å². The Labute approximate surface area is 125 Å². The maximum Gasteiger partial charge on any atom is 0.407 e. The van der Waals surface area contributed by atoms with Crippen LogP contribution in [0.15, 0.2) is 10.9 Å². The number of rotatable bonds is 7. The summed E-state index contributed by atoms with van der Waals surface area (Å²) in [6.45, 7) is 8.99. The Morgan fingerprint density at radius 3 is 2.80 bits per heavy atom. The zero-order chi connectivity index (χ0) is 15.0. The van der Waals surface area contributed by atoms with Crippen LogP contribution in [-0.2, 0) is 11.3 Å². The van der Waals surface area contributed by atoms with Crippen LogP contribution in [0.1, 0.15) is 46.2 Å². The Bertz CT molecular complexity index is 388. The number of aromatic nitrogens is 1. The quantitative estimate of drug-likeness (QED) is 0.812. The van der Waals surface area contributed by atoms with E-state index in [0.29, 0.717) is 6.54 Å². The lowest BCUT2D eigenvalue weighted by molar-refractivity contribution is 0.0521. The summed E-state index contributed by atoms with van der Waals surface area (Å²) in [6, 6.07) is 0.231. The van der Waals surface area contributed by atoms with Gasteiger partial charge in [0.25, 0.3) is 0 Å². The molecule has 1 atom stereocenters. The Balaban J connectivity index is 2.33. The van der Waals surface area contributed by atoms with Crippen LogP contribution in [0.3, 0.4) is 0 Å². The van der Waals surface area contributed by atoms with Gasteiger partial charge in [-0.05, 0) is 27.2 Å². The molecule has 0 spiro atoms. The van der Waals surface area contributed by atoms with Crippen molar-refractivity contribution in [1.29, 1.82) is 0 Å². The predicted octanol–water partition coefficient (Wildman–Crippen LogP) is 2.93. The van der Waals surface area contributed by atoms with Gasteiger partial charge in [-0.25, -0.2) is 9.78 Å². The van der Waals surface area contributed by atoms with Gasteiger partial charge in [0, 0.05) is 24.5 Å². The Hall–Kier alpha value is -1.14. The lowest BCUT2D eigenvalue weighted by Gasteiger charge is -2.22. The van der Waals surface area contributed by atoms with E-state index in [1.165, 1.54) is 0 Å². The number of carbonyl (C=O) groups is 1. The van der Waals surface area contributed by atoms with Crippen LogP contribution in [0.25, 0.3) is 0 Å². The molecule has 2 N–H and O–H groups in total. The minimum Gasteiger partial charge on any atom is -0.444 e. The van der Waals surface area contributed by atoms with Gasteiger partial charge in [0.15, 0.2) is 0 Å². The van der Waals surface area contributed by atoms with E-state index < -0.39 is 5.60 Å². The van der Waals surface area contributed by atoms with Gasteiger partial charge in [-0.3, -0.25) is 0 Å². The molecule has 1 amide bonds. The first-order valence-electron chi connectivity index (χ1n) is 6.98. The first kappa shape index (κ1) is 16.9. The molecular weight excluding hydrogens is 274 g/mol. The zero-order valence-electron chi connectivity index (χ0n) is 12.7. The first-order chi connectivity index (χ1) is 9.40. The molecule has 1 rings (SSSR count). The Kier molecular flexibility index (Phi) is 6.95. The normalized spacial score (nSPS) is 13.0. The molecule has 1 aromatic rings. The van der Waals surface area contributed by atoms with E-state index in [1.54, 1.807) is 11.3 Å². The fraction of sp³-hybridized carbons (Fsp3) is 0.714. The van der Waals surface area contributed by atoms with Crippen LogP contribution in [-0.4, -0.2) is 29.3 Å². The molecule has 1 heterocycles.